The minimum atomic E-state index is 0.154. The third kappa shape index (κ3) is 4.03. The zero-order chi connectivity index (χ0) is 16.1. The predicted molar refractivity (Wildman–Crippen MR) is 88.9 cm³/mol. The maximum atomic E-state index is 12.4. The summed E-state index contributed by atoms with van der Waals surface area (Å²) < 4.78 is 10.9. The third-order valence-electron chi connectivity index (χ3n) is 4.83. The molecule has 2 aliphatic heterocycles. The van der Waals surface area contributed by atoms with Crippen molar-refractivity contribution in [3.8, 4) is 5.75 Å². The molecule has 23 heavy (non-hydrogen) atoms. The molecule has 0 spiro atoms. The van der Waals surface area contributed by atoms with Gasteiger partial charge in [0.15, 0.2) is 0 Å². The number of carbonyl (C=O) groups is 1. The Morgan fingerprint density at radius 2 is 2.04 bits per heavy atom. The number of morpholine rings is 1. The molecule has 0 unspecified atom stereocenters. The number of nitrogens with one attached hydrogen (secondary N) is 1. The monoisotopic (exact) mass is 318 g/mol. The average molecular weight is 318 g/mol. The van der Waals surface area contributed by atoms with E-state index in [1.807, 2.05) is 4.90 Å². The standard InChI is InChI=1S/C18H26N2O3/c1-22-17-12-15(14-4-6-19-7-5-14)2-3-16(17)13-18(21)20-8-10-23-11-9-20/h2-3,12,14,19H,4-11,13H2,1H3. The van der Waals surface area contributed by atoms with E-state index in [-0.39, 0.29) is 5.91 Å². The highest BCUT2D eigenvalue weighted by Gasteiger charge is 2.20. The van der Waals surface area contributed by atoms with Gasteiger partial charge in [-0.15, -0.1) is 0 Å². The van der Waals surface area contributed by atoms with E-state index in [1.54, 1.807) is 7.11 Å². The molecule has 0 radical (unpaired) electrons. The van der Waals surface area contributed by atoms with E-state index < -0.39 is 0 Å². The molecule has 0 atom stereocenters. The van der Waals surface area contributed by atoms with Crippen molar-refractivity contribution in [1.29, 1.82) is 0 Å². The van der Waals surface area contributed by atoms with Crippen LogP contribution in [0.1, 0.15) is 29.9 Å². The molecular formula is C18H26N2O3. The van der Waals surface area contributed by atoms with Gasteiger partial charge in [0, 0.05) is 18.7 Å². The highest BCUT2D eigenvalue weighted by atomic mass is 16.5. The minimum Gasteiger partial charge on any atom is -0.496 e. The van der Waals surface area contributed by atoms with Crippen molar-refractivity contribution < 1.29 is 14.3 Å². The zero-order valence-corrected chi connectivity index (χ0v) is 13.8. The number of rotatable bonds is 4. The predicted octanol–water partition coefficient (Wildman–Crippen LogP) is 1.56. The van der Waals surface area contributed by atoms with Gasteiger partial charge in [-0.25, -0.2) is 0 Å². The third-order valence-corrected chi connectivity index (χ3v) is 4.83. The van der Waals surface area contributed by atoms with E-state index in [0.717, 1.165) is 37.2 Å². The van der Waals surface area contributed by atoms with Gasteiger partial charge < -0.3 is 19.7 Å². The number of methoxy groups -OCH3 is 1. The van der Waals surface area contributed by atoms with Crippen molar-refractivity contribution in [2.45, 2.75) is 25.2 Å². The summed E-state index contributed by atoms with van der Waals surface area (Å²) in [6.45, 7) is 4.80. The van der Waals surface area contributed by atoms with E-state index in [2.05, 4.69) is 23.5 Å². The van der Waals surface area contributed by atoms with E-state index in [9.17, 15) is 4.79 Å². The number of carbonyl (C=O) groups excluding carboxylic acids is 1. The number of benzene rings is 1. The number of nitrogens with zero attached hydrogens (tertiary/aromatic N) is 1. The molecule has 126 valence electrons. The second-order valence-electron chi connectivity index (χ2n) is 6.27. The highest BCUT2D eigenvalue weighted by Crippen LogP contribution is 2.30. The van der Waals surface area contributed by atoms with Crippen molar-refractivity contribution >= 4 is 5.91 Å². The Morgan fingerprint density at radius 3 is 2.74 bits per heavy atom. The van der Waals surface area contributed by atoms with Crippen LogP contribution in [0.3, 0.4) is 0 Å². The van der Waals surface area contributed by atoms with Gasteiger partial charge in [-0.1, -0.05) is 12.1 Å². The van der Waals surface area contributed by atoms with Crippen molar-refractivity contribution in [1.82, 2.24) is 10.2 Å². The molecule has 5 heteroatoms. The smallest absolute Gasteiger partial charge is 0.227 e. The first-order chi connectivity index (χ1) is 11.3. The lowest BCUT2D eigenvalue weighted by Gasteiger charge is -2.27. The molecular weight excluding hydrogens is 292 g/mol. The van der Waals surface area contributed by atoms with Gasteiger partial charge in [0.1, 0.15) is 5.75 Å². The topological polar surface area (TPSA) is 50.8 Å². The first kappa shape index (κ1) is 16.3. The molecule has 0 bridgehead atoms. The van der Waals surface area contributed by atoms with Crippen molar-refractivity contribution in [2.75, 3.05) is 46.5 Å². The fourth-order valence-corrected chi connectivity index (χ4v) is 3.40. The van der Waals surface area contributed by atoms with Crippen LogP contribution in [-0.4, -0.2) is 57.3 Å². The molecule has 2 saturated heterocycles. The molecule has 0 aliphatic carbocycles. The van der Waals surface area contributed by atoms with Gasteiger partial charge >= 0.3 is 0 Å². The Bertz CT molecular complexity index is 535. The first-order valence-electron chi connectivity index (χ1n) is 8.51. The van der Waals surface area contributed by atoms with Gasteiger partial charge in [-0.3, -0.25) is 4.79 Å². The Kier molecular flexibility index (Phi) is 5.51. The molecule has 3 rings (SSSR count). The van der Waals surface area contributed by atoms with E-state index in [4.69, 9.17) is 9.47 Å². The van der Waals surface area contributed by atoms with Crippen molar-refractivity contribution in [3.05, 3.63) is 29.3 Å². The average Bonchev–Trinajstić information content (AvgIpc) is 2.63. The Hall–Kier alpha value is -1.59. The van der Waals surface area contributed by atoms with Crippen molar-refractivity contribution in [3.63, 3.8) is 0 Å². The van der Waals surface area contributed by atoms with Crippen LogP contribution < -0.4 is 10.1 Å². The van der Waals surface area contributed by atoms with E-state index in [0.29, 0.717) is 38.6 Å². The maximum absolute atomic E-state index is 12.4. The van der Waals surface area contributed by atoms with Gasteiger partial charge in [0.25, 0.3) is 0 Å². The Balaban J connectivity index is 1.70. The largest absolute Gasteiger partial charge is 0.496 e. The van der Waals surface area contributed by atoms with Crippen LogP contribution >= 0.6 is 0 Å². The van der Waals surface area contributed by atoms with Crippen LogP contribution in [0.15, 0.2) is 18.2 Å². The second kappa shape index (κ2) is 7.79. The van der Waals surface area contributed by atoms with Crippen LogP contribution in [0.4, 0.5) is 0 Å². The van der Waals surface area contributed by atoms with Crippen molar-refractivity contribution in [2.24, 2.45) is 0 Å². The number of piperidine rings is 1. The molecule has 2 heterocycles. The van der Waals surface area contributed by atoms with Crippen LogP contribution in [0.5, 0.6) is 5.75 Å². The number of hydrogen-bond donors (Lipinski definition) is 1. The summed E-state index contributed by atoms with van der Waals surface area (Å²) in [5.74, 6) is 1.58. The summed E-state index contributed by atoms with van der Waals surface area (Å²) >= 11 is 0. The van der Waals surface area contributed by atoms with Gasteiger partial charge in [0.05, 0.1) is 26.7 Å². The SMILES string of the molecule is COc1cc(C2CCNCC2)ccc1CC(=O)N1CCOCC1. The van der Waals surface area contributed by atoms with Crippen LogP contribution in [-0.2, 0) is 16.0 Å². The first-order valence-corrected chi connectivity index (χ1v) is 8.51. The summed E-state index contributed by atoms with van der Waals surface area (Å²) in [7, 11) is 1.68. The fourth-order valence-electron chi connectivity index (χ4n) is 3.40. The highest BCUT2D eigenvalue weighted by molar-refractivity contribution is 5.79. The molecule has 2 aliphatic rings. The normalized spacial score (nSPS) is 19.6. The van der Waals surface area contributed by atoms with Gasteiger partial charge in [-0.05, 0) is 43.5 Å². The maximum Gasteiger partial charge on any atom is 0.227 e. The molecule has 0 aromatic heterocycles. The molecule has 1 N–H and O–H groups in total. The summed E-state index contributed by atoms with van der Waals surface area (Å²) in [4.78, 5) is 14.3. The van der Waals surface area contributed by atoms with Gasteiger partial charge in [-0.2, -0.15) is 0 Å². The lowest BCUT2D eigenvalue weighted by molar-refractivity contribution is -0.134. The molecule has 5 nitrogen and oxygen atoms in total. The lowest BCUT2D eigenvalue weighted by atomic mass is 9.89. The molecule has 1 aromatic rings. The number of hydrogen-bond acceptors (Lipinski definition) is 4. The number of amides is 1. The molecule has 0 saturated carbocycles. The summed E-state index contributed by atoms with van der Waals surface area (Å²) in [5, 5.41) is 3.40. The Morgan fingerprint density at radius 1 is 1.30 bits per heavy atom. The number of ether oxygens (including phenoxy) is 2. The molecule has 1 amide bonds. The zero-order valence-electron chi connectivity index (χ0n) is 13.8. The summed E-state index contributed by atoms with van der Waals surface area (Å²) in [5.41, 5.74) is 2.30. The fraction of sp³-hybridized carbons (Fsp3) is 0.611. The lowest BCUT2D eigenvalue weighted by Crippen LogP contribution is -2.41. The Labute approximate surface area is 137 Å². The molecule has 1 aromatic carbocycles. The summed E-state index contributed by atoms with van der Waals surface area (Å²) in [6.07, 6.45) is 2.72. The van der Waals surface area contributed by atoms with Crippen LogP contribution in [0.2, 0.25) is 0 Å². The molecule has 2 fully saturated rings. The van der Waals surface area contributed by atoms with E-state index in [1.165, 1.54) is 5.56 Å². The van der Waals surface area contributed by atoms with E-state index >= 15 is 0 Å². The minimum absolute atomic E-state index is 0.154. The quantitative estimate of drug-likeness (QED) is 0.915. The van der Waals surface area contributed by atoms with Gasteiger partial charge in [0.2, 0.25) is 5.91 Å². The summed E-state index contributed by atoms with van der Waals surface area (Å²) in [6, 6.07) is 6.35. The second-order valence-corrected chi connectivity index (χ2v) is 6.27. The van der Waals surface area contributed by atoms with Crippen LogP contribution in [0, 0.1) is 0 Å². The van der Waals surface area contributed by atoms with Crippen LogP contribution in [0.25, 0.3) is 0 Å².